The molecule has 1 saturated heterocycles. The lowest BCUT2D eigenvalue weighted by Gasteiger charge is -2.29. The fourth-order valence-electron chi connectivity index (χ4n) is 3.06. The van der Waals surface area contributed by atoms with Crippen LogP contribution in [-0.4, -0.2) is 53.1 Å². The van der Waals surface area contributed by atoms with Gasteiger partial charge in [0.05, 0.1) is 12.8 Å². The van der Waals surface area contributed by atoms with Crippen LogP contribution in [0, 0.1) is 5.41 Å². The lowest BCUT2D eigenvalue weighted by atomic mass is 9.85. The number of anilines is 2. The maximum absolute atomic E-state index is 13.2. The van der Waals surface area contributed by atoms with Gasteiger partial charge in [0.2, 0.25) is 5.91 Å². The van der Waals surface area contributed by atoms with E-state index in [0.717, 1.165) is 0 Å². The van der Waals surface area contributed by atoms with Gasteiger partial charge in [0.1, 0.15) is 11.3 Å². The second-order valence-corrected chi connectivity index (χ2v) is 8.83. The molecule has 1 aliphatic heterocycles. The molecular weight excluding hydrogens is 404 g/mol. The van der Waals surface area contributed by atoms with Gasteiger partial charge in [0.25, 0.3) is 11.8 Å². The molecule has 10 nitrogen and oxygen atoms in total. The van der Waals surface area contributed by atoms with Crippen LogP contribution in [0.25, 0.3) is 0 Å². The lowest BCUT2D eigenvalue weighted by molar-refractivity contribution is -0.144. The van der Waals surface area contributed by atoms with E-state index in [1.165, 1.54) is 40.0 Å². The number of hydrogen-bond donors (Lipinski definition) is 3. The van der Waals surface area contributed by atoms with Gasteiger partial charge in [0.15, 0.2) is 11.8 Å². The van der Waals surface area contributed by atoms with Crippen molar-refractivity contribution < 1.29 is 28.7 Å². The van der Waals surface area contributed by atoms with E-state index >= 15 is 0 Å². The summed E-state index contributed by atoms with van der Waals surface area (Å²) in [6, 6.07) is 2.04. The Balaban J connectivity index is 2.48. The Hall–Kier alpha value is -3.43. The Bertz CT molecular complexity index is 948. The molecule has 2 rings (SSSR count). The van der Waals surface area contributed by atoms with Crippen molar-refractivity contribution in [1.82, 2.24) is 10.2 Å². The van der Waals surface area contributed by atoms with Crippen LogP contribution in [0.3, 0.4) is 0 Å². The maximum Gasteiger partial charge on any atom is 0.326 e. The number of benzene rings is 1. The third-order valence-corrected chi connectivity index (χ3v) is 4.66. The molecular formula is C21H28N4O6. The van der Waals surface area contributed by atoms with Gasteiger partial charge in [0, 0.05) is 18.0 Å². The predicted molar refractivity (Wildman–Crippen MR) is 114 cm³/mol. The first kappa shape index (κ1) is 23.8. The summed E-state index contributed by atoms with van der Waals surface area (Å²) in [5.74, 6) is -2.22. The molecule has 10 heteroatoms. The number of imide groups is 1. The van der Waals surface area contributed by atoms with Crippen molar-refractivity contribution in [2.75, 3.05) is 17.7 Å². The number of hydrogen-bond acceptors (Lipinski definition) is 6. The highest BCUT2D eigenvalue weighted by Crippen LogP contribution is 2.30. The Morgan fingerprint density at radius 2 is 1.74 bits per heavy atom. The monoisotopic (exact) mass is 432 g/mol. The number of ether oxygens (including phenoxy) is 1. The summed E-state index contributed by atoms with van der Waals surface area (Å²) in [5, 5.41) is 7.63. The van der Waals surface area contributed by atoms with Crippen LogP contribution in [0.1, 0.15) is 41.5 Å². The number of carbonyl (C=O) groups is 5. The van der Waals surface area contributed by atoms with Crippen molar-refractivity contribution in [3.05, 3.63) is 18.2 Å². The van der Waals surface area contributed by atoms with E-state index in [9.17, 15) is 24.0 Å². The first-order valence-electron chi connectivity index (χ1n) is 9.65. The zero-order chi connectivity index (χ0) is 23.7. The molecule has 1 heterocycles. The van der Waals surface area contributed by atoms with Crippen LogP contribution < -0.4 is 20.7 Å². The zero-order valence-corrected chi connectivity index (χ0v) is 18.7. The molecule has 1 atom stereocenters. The van der Waals surface area contributed by atoms with Gasteiger partial charge < -0.3 is 20.7 Å². The molecule has 0 saturated carbocycles. The molecule has 0 radical (unpaired) electrons. The standard InChI is InChI=1S/C21H28N4O6/c1-11(26)22-12-8-9-14(31-7)13(10-12)23-17(28)15(16(27)20(2,3)4)25-18(29)21(5,6)24-19(25)30/h8-10,15H,1-7H3,(H,22,26)(H,23,28)(H,24,30). The second-order valence-electron chi connectivity index (χ2n) is 8.83. The highest BCUT2D eigenvalue weighted by Gasteiger charge is 2.53. The lowest BCUT2D eigenvalue weighted by Crippen LogP contribution is -2.55. The fraction of sp³-hybridized carbons (Fsp3) is 0.476. The Morgan fingerprint density at radius 1 is 1.13 bits per heavy atom. The molecule has 1 unspecified atom stereocenters. The number of nitrogens with one attached hydrogen (secondary N) is 3. The van der Waals surface area contributed by atoms with Crippen LogP contribution in [0.2, 0.25) is 0 Å². The molecule has 31 heavy (non-hydrogen) atoms. The molecule has 1 aliphatic rings. The van der Waals surface area contributed by atoms with Crippen LogP contribution in [0.15, 0.2) is 18.2 Å². The number of methoxy groups -OCH3 is 1. The molecule has 0 spiro atoms. The number of amides is 5. The summed E-state index contributed by atoms with van der Waals surface area (Å²) >= 11 is 0. The molecule has 3 N–H and O–H groups in total. The third-order valence-electron chi connectivity index (χ3n) is 4.66. The molecule has 0 bridgehead atoms. The Kier molecular flexibility index (Phi) is 6.43. The smallest absolute Gasteiger partial charge is 0.326 e. The molecule has 1 aromatic carbocycles. The minimum atomic E-state index is -1.69. The first-order valence-corrected chi connectivity index (χ1v) is 9.65. The normalized spacial score (nSPS) is 16.4. The molecule has 5 amide bonds. The van der Waals surface area contributed by atoms with Gasteiger partial charge in [-0.15, -0.1) is 0 Å². The zero-order valence-electron chi connectivity index (χ0n) is 18.7. The second kappa shape index (κ2) is 8.37. The fourth-order valence-corrected chi connectivity index (χ4v) is 3.06. The quantitative estimate of drug-likeness (QED) is 0.464. The van der Waals surface area contributed by atoms with E-state index in [4.69, 9.17) is 4.74 Å². The van der Waals surface area contributed by atoms with E-state index < -0.39 is 40.6 Å². The molecule has 0 aromatic heterocycles. The van der Waals surface area contributed by atoms with E-state index in [1.807, 2.05) is 0 Å². The van der Waals surface area contributed by atoms with Gasteiger partial charge in [-0.1, -0.05) is 20.8 Å². The van der Waals surface area contributed by atoms with Gasteiger partial charge in [-0.2, -0.15) is 0 Å². The van der Waals surface area contributed by atoms with Crippen molar-refractivity contribution in [2.45, 2.75) is 53.1 Å². The number of ketones is 1. The number of nitrogens with zero attached hydrogens (tertiary/aromatic N) is 1. The molecule has 1 fully saturated rings. The highest BCUT2D eigenvalue weighted by molar-refractivity contribution is 6.20. The average Bonchev–Trinajstić information content (AvgIpc) is 2.82. The molecule has 1 aromatic rings. The summed E-state index contributed by atoms with van der Waals surface area (Å²) < 4.78 is 5.24. The number of urea groups is 1. The van der Waals surface area contributed by atoms with Gasteiger partial charge in [-0.05, 0) is 32.0 Å². The van der Waals surface area contributed by atoms with Gasteiger partial charge >= 0.3 is 6.03 Å². The highest BCUT2D eigenvalue weighted by atomic mass is 16.5. The van der Waals surface area contributed by atoms with Gasteiger partial charge in [-0.25, -0.2) is 9.69 Å². The third kappa shape index (κ3) is 5.01. The van der Waals surface area contributed by atoms with E-state index in [0.29, 0.717) is 10.6 Å². The average molecular weight is 432 g/mol. The van der Waals surface area contributed by atoms with Crippen molar-refractivity contribution in [3.8, 4) is 5.75 Å². The Labute approximate surface area is 180 Å². The topological polar surface area (TPSA) is 134 Å². The van der Waals surface area contributed by atoms with E-state index in [1.54, 1.807) is 26.8 Å². The van der Waals surface area contributed by atoms with Crippen molar-refractivity contribution >= 4 is 40.9 Å². The molecule has 0 aliphatic carbocycles. The van der Waals surface area contributed by atoms with Crippen molar-refractivity contribution in [3.63, 3.8) is 0 Å². The largest absolute Gasteiger partial charge is 0.495 e. The number of rotatable bonds is 6. The van der Waals surface area contributed by atoms with Crippen LogP contribution in [0.4, 0.5) is 16.2 Å². The summed E-state index contributed by atoms with van der Waals surface area (Å²) in [4.78, 5) is 63.7. The number of Topliss-reactive ketones (excluding diaryl/α,β-unsaturated/α-hetero) is 1. The van der Waals surface area contributed by atoms with Crippen molar-refractivity contribution in [2.24, 2.45) is 5.41 Å². The summed E-state index contributed by atoms with van der Waals surface area (Å²) in [6.45, 7) is 9.10. The van der Waals surface area contributed by atoms with Crippen LogP contribution >= 0.6 is 0 Å². The predicted octanol–water partition coefficient (Wildman–Crippen LogP) is 1.91. The Morgan fingerprint density at radius 3 is 2.19 bits per heavy atom. The summed E-state index contributed by atoms with van der Waals surface area (Å²) in [5.41, 5.74) is -1.72. The van der Waals surface area contributed by atoms with E-state index in [-0.39, 0.29) is 17.3 Å². The SMILES string of the molecule is COc1ccc(NC(C)=O)cc1NC(=O)C(C(=O)C(C)(C)C)N1C(=O)NC(C)(C)C1=O. The van der Waals surface area contributed by atoms with E-state index in [2.05, 4.69) is 16.0 Å². The van der Waals surface area contributed by atoms with Crippen LogP contribution in [-0.2, 0) is 19.2 Å². The minimum Gasteiger partial charge on any atom is -0.495 e. The summed E-state index contributed by atoms with van der Waals surface area (Å²) in [6.07, 6.45) is 0. The van der Waals surface area contributed by atoms with Crippen LogP contribution in [0.5, 0.6) is 5.75 Å². The molecule has 168 valence electrons. The maximum atomic E-state index is 13.2. The minimum absolute atomic E-state index is 0.164. The van der Waals surface area contributed by atoms with Crippen molar-refractivity contribution in [1.29, 1.82) is 0 Å². The van der Waals surface area contributed by atoms with Gasteiger partial charge in [-0.3, -0.25) is 19.2 Å². The number of carbonyl (C=O) groups excluding carboxylic acids is 5. The summed E-state index contributed by atoms with van der Waals surface area (Å²) in [7, 11) is 1.39. The first-order chi connectivity index (χ1) is 14.2.